The summed E-state index contributed by atoms with van der Waals surface area (Å²) in [7, 11) is 0. The Bertz CT molecular complexity index is 1330. The first kappa shape index (κ1) is 62.3. The molecule has 0 aliphatic carbocycles. The van der Waals surface area contributed by atoms with Crippen molar-refractivity contribution in [2.45, 2.75) is 252 Å². The summed E-state index contributed by atoms with van der Waals surface area (Å²) in [6.07, 6.45) is 71.0. The highest BCUT2D eigenvalue weighted by atomic mass is 16.6. The van der Waals surface area contributed by atoms with Crippen molar-refractivity contribution in [3.63, 3.8) is 0 Å². The van der Waals surface area contributed by atoms with Crippen LogP contribution in [-0.2, 0) is 28.6 Å². The molecule has 0 aromatic heterocycles. The van der Waals surface area contributed by atoms with Gasteiger partial charge in [0.25, 0.3) is 0 Å². The van der Waals surface area contributed by atoms with Crippen LogP contribution in [0, 0.1) is 0 Å². The minimum Gasteiger partial charge on any atom is -0.462 e. The summed E-state index contributed by atoms with van der Waals surface area (Å²) in [6, 6.07) is 0. The number of rotatable bonds is 48. The highest BCUT2D eigenvalue weighted by Crippen LogP contribution is 2.14. The van der Waals surface area contributed by atoms with E-state index < -0.39 is 6.10 Å². The second-order valence-electron chi connectivity index (χ2n) is 17.7. The Morgan fingerprint density at radius 1 is 0.318 bits per heavy atom. The second kappa shape index (κ2) is 53.9. The zero-order chi connectivity index (χ0) is 47.9. The van der Waals surface area contributed by atoms with Crippen molar-refractivity contribution in [3.05, 3.63) is 97.2 Å². The first-order valence-electron chi connectivity index (χ1n) is 27.2. The lowest BCUT2D eigenvalue weighted by Crippen LogP contribution is -2.30. The van der Waals surface area contributed by atoms with Crippen LogP contribution in [0.5, 0.6) is 0 Å². The van der Waals surface area contributed by atoms with Crippen LogP contribution < -0.4 is 0 Å². The molecule has 0 N–H and O–H groups in total. The average molecular weight is 917 g/mol. The van der Waals surface area contributed by atoms with E-state index >= 15 is 0 Å². The number of carbonyl (C=O) groups excluding carboxylic acids is 3. The summed E-state index contributed by atoms with van der Waals surface area (Å²) in [5.41, 5.74) is 0. The third-order valence-corrected chi connectivity index (χ3v) is 11.3. The Kier molecular flexibility index (Phi) is 50.9. The summed E-state index contributed by atoms with van der Waals surface area (Å²) in [5, 5.41) is 0. The fourth-order valence-corrected chi connectivity index (χ4v) is 7.20. The Morgan fingerprint density at radius 3 is 0.955 bits per heavy atom. The molecular formula is C60H100O6. The average Bonchev–Trinajstić information content (AvgIpc) is 3.31. The molecule has 0 spiro atoms. The molecule has 0 fully saturated rings. The maximum Gasteiger partial charge on any atom is 0.306 e. The normalized spacial score (nSPS) is 12.8. The second-order valence-corrected chi connectivity index (χ2v) is 17.7. The maximum atomic E-state index is 12.8. The smallest absolute Gasteiger partial charge is 0.306 e. The van der Waals surface area contributed by atoms with Gasteiger partial charge >= 0.3 is 17.9 Å². The number of esters is 3. The SMILES string of the molecule is CC/C=C\C/C=C\C/C=C\C/C=C\C/C=C\CCCCCC(=O)OCC(COC(=O)CCCCCCC/C=C\CCCCC)OC(=O)CCCCCCCCC/C=C\C/C=C\CCCCC. The van der Waals surface area contributed by atoms with E-state index in [-0.39, 0.29) is 31.1 Å². The molecule has 1 unspecified atom stereocenters. The number of unbranched alkanes of at least 4 members (excludes halogenated alkanes) is 21. The standard InChI is InChI=1S/C60H100O6/c1-4-7-10-13-16-19-22-25-27-29-30-32-33-35-38-41-44-47-50-53-59(62)65-56-57(55-64-58(61)52-49-46-43-40-37-24-21-18-15-12-9-6-3)66-60(63)54-51-48-45-42-39-36-34-31-28-26-23-20-17-14-11-8-5-2/h7,10,16-21,25-28,30,32,35,38,57H,4-6,8-9,11-15,22-24,29,31,33-34,36-37,39-56H2,1-3H3/b10-7-,19-16-,20-17-,21-18-,27-25-,28-26-,32-30-,38-35-. The molecule has 6 heteroatoms. The van der Waals surface area contributed by atoms with Crippen molar-refractivity contribution in [2.24, 2.45) is 0 Å². The summed E-state index contributed by atoms with van der Waals surface area (Å²) in [4.78, 5) is 38.1. The fraction of sp³-hybridized carbons (Fsp3) is 0.683. The first-order valence-corrected chi connectivity index (χ1v) is 27.2. The van der Waals surface area contributed by atoms with E-state index in [1.807, 2.05) is 0 Å². The lowest BCUT2D eigenvalue weighted by molar-refractivity contribution is -0.167. The highest BCUT2D eigenvalue weighted by Gasteiger charge is 2.19. The zero-order valence-corrected chi connectivity index (χ0v) is 42.9. The van der Waals surface area contributed by atoms with Gasteiger partial charge in [-0.15, -0.1) is 0 Å². The van der Waals surface area contributed by atoms with Gasteiger partial charge in [0.15, 0.2) is 6.10 Å². The molecule has 0 amide bonds. The van der Waals surface area contributed by atoms with Crippen molar-refractivity contribution in [1.29, 1.82) is 0 Å². The molecule has 0 saturated carbocycles. The molecule has 66 heavy (non-hydrogen) atoms. The summed E-state index contributed by atoms with van der Waals surface area (Å²) in [5.74, 6) is -0.947. The van der Waals surface area contributed by atoms with E-state index in [0.29, 0.717) is 19.3 Å². The molecule has 6 nitrogen and oxygen atoms in total. The molecule has 0 saturated heterocycles. The summed E-state index contributed by atoms with van der Waals surface area (Å²) >= 11 is 0. The van der Waals surface area contributed by atoms with Gasteiger partial charge in [0.1, 0.15) is 13.2 Å². The van der Waals surface area contributed by atoms with Crippen molar-refractivity contribution >= 4 is 17.9 Å². The van der Waals surface area contributed by atoms with E-state index in [1.165, 1.54) is 83.5 Å². The zero-order valence-electron chi connectivity index (χ0n) is 42.9. The quantitative estimate of drug-likeness (QED) is 0.0262. The molecule has 0 radical (unpaired) electrons. The van der Waals surface area contributed by atoms with Gasteiger partial charge in [-0.05, 0) is 122 Å². The molecule has 376 valence electrons. The summed E-state index contributed by atoms with van der Waals surface area (Å²) < 4.78 is 16.8. The highest BCUT2D eigenvalue weighted by molar-refractivity contribution is 5.71. The minimum absolute atomic E-state index is 0.0966. The lowest BCUT2D eigenvalue weighted by Gasteiger charge is -2.18. The molecule has 0 bridgehead atoms. The predicted octanol–water partition coefficient (Wildman–Crippen LogP) is 18.1. The van der Waals surface area contributed by atoms with Crippen molar-refractivity contribution in [1.82, 2.24) is 0 Å². The largest absolute Gasteiger partial charge is 0.462 e. The minimum atomic E-state index is -0.799. The van der Waals surface area contributed by atoms with Gasteiger partial charge in [-0.3, -0.25) is 14.4 Å². The van der Waals surface area contributed by atoms with Crippen LogP contribution in [0.4, 0.5) is 0 Å². The van der Waals surface area contributed by atoms with Gasteiger partial charge in [0, 0.05) is 19.3 Å². The lowest BCUT2D eigenvalue weighted by atomic mass is 10.1. The van der Waals surface area contributed by atoms with Crippen LogP contribution in [0.2, 0.25) is 0 Å². The van der Waals surface area contributed by atoms with Crippen molar-refractivity contribution in [2.75, 3.05) is 13.2 Å². The van der Waals surface area contributed by atoms with Crippen LogP contribution >= 0.6 is 0 Å². The number of ether oxygens (including phenoxy) is 3. The van der Waals surface area contributed by atoms with Gasteiger partial charge < -0.3 is 14.2 Å². The summed E-state index contributed by atoms with van der Waals surface area (Å²) in [6.45, 7) is 6.43. The van der Waals surface area contributed by atoms with Crippen LogP contribution in [0.1, 0.15) is 245 Å². The Balaban J connectivity index is 4.46. The number of allylic oxidation sites excluding steroid dienone is 16. The monoisotopic (exact) mass is 917 g/mol. The van der Waals surface area contributed by atoms with Crippen molar-refractivity contribution < 1.29 is 28.6 Å². The van der Waals surface area contributed by atoms with Gasteiger partial charge in [-0.1, -0.05) is 201 Å². The first-order chi connectivity index (χ1) is 32.5. The number of hydrogen-bond acceptors (Lipinski definition) is 6. The van der Waals surface area contributed by atoms with Crippen LogP contribution in [0.3, 0.4) is 0 Å². The Morgan fingerprint density at radius 2 is 0.591 bits per heavy atom. The Labute approximate surface area is 407 Å². The molecule has 0 aromatic rings. The molecule has 1 atom stereocenters. The van der Waals surface area contributed by atoms with Gasteiger partial charge in [0.05, 0.1) is 0 Å². The third-order valence-electron chi connectivity index (χ3n) is 11.3. The Hall–Kier alpha value is -3.67. The molecule has 0 rings (SSSR count). The third kappa shape index (κ3) is 51.3. The van der Waals surface area contributed by atoms with Gasteiger partial charge in [0.2, 0.25) is 0 Å². The molecule has 0 aliphatic heterocycles. The molecular weight excluding hydrogens is 817 g/mol. The van der Waals surface area contributed by atoms with E-state index in [1.54, 1.807) is 0 Å². The van der Waals surface area contributed by atoms with Crippen molar-refractivity contribution in [3.8, 4) is 0 Å². The van der Waals surface area contributed by atoms with E-state index in [9.17, 15) is 14.4 Å². The topological polar surface area (TPSA) is 78.9 Å². The number of hydrogen-bond donors (Lipinski definition) is 0. The number of carbonyl (C=O) groups is 3. The fourth-order valence-electron chi connectivity index (χ4n) is 7.20. The molecule has 0 aromatic carbocycles. The maximum absolute atomic E-state index is 12.8. The molecule has 0 aliphatic rings. The van der Waals surface area contributed by atoms with E-state index in [0.717, 1.165) is 122 Å². The van der Waals surface area contributed by atoms with E-state index in [2.05, 4.69) is 118 Å². The van der Waals surface area contributed by atoms with Crippen LogP contribution in [0.15, 0.2) is 97.2 Å². The van der Waals surface area contributed by atoms with E-state index in [4.69, 9.17) is 14.2 Å². The van der Waals surface area contributed by atoms with Gasteiger partial charge in [-0.2, -0.15) is 0 Å². The van der Waals surface area contributed by atoms with Gasteiger partial charge in [-0.25, -0.2) is 0 Å². The molecule has 0 heterocycles. The van der Waals surface area contributed by atoms with Crippen LogP contribution in [0.25, 0.3) is 0 Å². The predicted molar refractivity (Wildman–Crippen MR) is 284 cm³/mol. The van der Waals surface area contributed by atoms with Crippen LogP contribution in [-0.4, -0.2) is 37.2 Å².